The summed E-state index contributed by atoms with van der Waals surface area (Å²) in [5, 5.41) is 5.89. The molecule has 5 nitrogen and oxygen atoms in total. The van der Waals surface area contributed by atoms with Gasteiger partial charge in [-0.1, -0.05) is 69.3 Å². The molecule has 178 valence electrons. The van der Waals surface area contributed by atoms with Crippen LogP contribution >= 0.6 is 11.3 Å². The Balaban J connectivity index is 1.31. The molecule has 1 fully saturated rings. The van der Waals surface area contributed by atoms with E-state index in [1.165, 1.54) is 5.56 Å². The van der Waals surface area contributed by atoms with E-state index in [1.807, 2.05) is 46.7 Å². The van der Waals surface area contributed by atoms with Crippen LogP contribution in [0.2, 0.25) is 0 Å². The van der Waals surface area contributed by atoms with Crippen molar-refractivity contribution < 1.29 is 9.59 Å². The lowest BCUT2D eigenvalue weighted by Crippen LogP contribution is -2.38. The molecule has 2 aromatic carbocycles. The van der Waals surface area contributed by atoms with Crippen LogP contribution < -0.4 is 5.32 Å². The highest BCUT2D eigenvalue weighted by atomic mass is 32.1. The molecule has 1 aliphatic rings. The minimum Gasteiger partial charge on any atom is -0.343 e. The molecular formula is C28H33N3O2S. The number of carbonyl (C=O) groups is 2. The summed E-state index contributed by atoms with van der Waals surface area (Å²) in [4.78, 5) is 32.2. The second-order valence-corrected chi connectivity index (χ2v) is 10.9. The topological polar surface area (TPSA) is 62.3 Å². The number of piperidine rings is 1. The summed E-state index contributed by atoms with van der Waals surface area (Å²) in [7, 11) is 0. The fourth-order valence-electron chi connectivity index (χ4n) is 4.44. The molecule has 0 aliphatic carbocycles. The number of aromatic nitrogens is 1. The second-order valence-electron chi connectivity index (χ2n) is 9.96. The van der Waals surface area contributed by atoms with E-state index in [0.717, 1.165) is 48.6 Å². The van der Waals surface area contributed by atoms with Gasteiger partial charge in [0, 0.05) is 36.5 Å². The van der Waals surface area contributed by atoms with Gasteiger partial charge in [0.25, 0.3) is 5.91 Å². The number of hydrogen-bond acceptors (Lipinski definition) is 4. The van der Waals surface area contributed by atoms with Gasteiger partial charge >= 0.3 is 0 Å². The highest BCUT2D eigenvalue weighted by Gasteiger charge is 2.26. The Morgan fingerprint density at radius 1 is 1.03 bits per heavy atom. The van der Waals surface area contributed by atoms with E-state index in [1.54, 1.807) is 11.3 Å². The van der Waals surface area contributed by atoms with Crippen LogP contribution in [0.15, 0.2) is 60.0 Å². The van der Waals surface area contributed by atoms with Crippen molar-refractivity contribution in [3.8, 4) is 0 Å². The largest absolute Gasteiger partial charge is 0.343 e. The highest BCUT2D eigenvalue weighted by molar-refractivity contribution is 7.10. The van der Waals surface area contributed by atoms with Crippen molar-refractivity contribution in [2.45, 2.75) is 57.8 Å². The number of aryl methyl sites for hydroxylation is 1. The van der Waals surface area contributed by atoms with Crippen LogP contribution in [0.3, 0.4) is 0 Å². The molecule has 6 heteroatoms. The van der Waals surface area contributed by atoms with Crippen LogP contribution in [0.1, 0.15) is 72.6 Å². The number of amides is 2. The van der Waals surface area contributed by atoms with Gasteiger partial charge in [0.1, 0.15) is 5.69 Å². The third kappa shape index (κ3) is 5.92. The normalized spacial score (nSPS) is 14.7. The minimum atomic E-state index is -0.173. The summed E-state index contributed by atoms with van der Waals surface area (Å²) < 4.78 is 0. The molecule has 0 spiro atoms. The maximum absolute atomic E-state index is 12.9. The lowest BCUT2D eigenvalue weighted by molar-refractivity contribution is -0.132. The summed E-state index contributed by atoms with van der Waals surface area (Å²) in [5.41, 5.74) is 3.53. The molecule has 1 saturated heterocycles. The van der Waals surface area contributed by atoms with Crippen LogP contribution in [0.4, 0.5) is 5.69 Å². The number of thiazole rings is 1. The van der Waals surface area contributed by atoms with Crippen molar-refractivity contribution in [2.75, 3.05) is 18.4 Å². The molecule has 0 saturated carbocycles. The molecule has 0 atom stereocenters. The van der Waals surface area contributed by atoms with Crippen molar-refractivity contribution in [3.63, 3.8) is 0 Å². The Labute approximate surface area is 206 Å². The summed E-state index contributed by atoms with van der Waals surface area (Å²) >= 11 is 1.55. The molecule has 34 heavy (non-hydrogen) atoms. The second kappa shape index (κ2) is 10.5. The van der Waals surface area contributed by atoms with Gasteiger partial charge in [0.2, 0.25) is 5.91 Å². The van der Waals surface area contributed by atoms with Gasteiger partial charge < -0.3 is 10.2 Å². The molecule has 0 radical (unpaired) electrons. The van der Waals surface area contributed by atoms with Crippen molar-refractivity contribution in [3.05, 3.63) is 81.8 Å². The average Bonchev–Trinajstić information content (AvgIpc) is 3.34. The van der Waals surface area contributed by atoms with E-state index in [2.05, 4.69) is 49.3 Å². The monoisotopic (exact) mass is 475 g/mol. The maximum Gasteiger partial charge on any atom is 0.275 e. The third-order valence-electron chi connectivity index (χ3n) is 6.41. The van der Waals surface area contributed by atoms with E-state index in [0.29, 0.717) is 18.0 Å². The van der Waals surface area contributed by atoms with Crippen LogP contribution in [-0.4, -0.2) is 34.8 Å². The molecule has 3 aromatic rings. The zero-order chi connectivity index (χ0) is 24.1. The zero-order valence-electron chi connectivity index (χ0n) is 20.2. The number of anilines is 1. The standard InChI is InChI=1S/C28H33N3O2S/c1-28(2,3)22-11-7-8-12-23(22)29-26(33)24-19-34-27(30-24)21-15-17-31(18-16-21)25(32)14-13-20-9-5-4-6-10-20/h4-12,19,21H,13-18H2,1-3H3,(H,29,33). The van der Waals surface area contributed by atoms with Gasteiger partial charge in [0.15, 0.2) is 0 Å². The van der Waals surface area contributed by atoms with Crippen molar-refractivity contribution in [1.29, 1.82) is 0 Å². The zero-order valence-corrected chi connectivity index (χ0v) is 21.0. The quantitative estimate of drug-likeness (QED) is 0.473. The number of nitrogens with zero attached hydrogens (tertiary/aromatic N) is 2. The van der Waals surface area contributed by atoms with Crippen molar-refractivity contribution in [1.82, 2.24) is 9.88 Å². The first-order chi connectivity index (χ1) is 16.3. The summed E-state index contributed by atoms with van der Waals surface area (Å²) in [5.74, 6) is 0.346. The molecule has 1 aromatic heterocycles. The maximum atomic E-state index is 12.9. The van der Waals surface area contributed by atoms with Crippen molar-refractivity contribution >= 4 is 28.8 Å². The first-order valence-corrected chi connectivity index (χ1v) is 12.9. The number of nitrogens with one attached hydrogen (secondary N) is 1. The Morgan fingerprint density at radius 3 is 2.41 bits per heavy atom. The van der Waals surface area contributed by atoms with Crippen LogP contribution in [-0.2, 0) is 16.6 Å². The van der Waals surface area contributed by atoms with E-state index in [-0.39, 0.29) is 17.2 Å². The Bertz CT molecular complexity index is 1130. The molecule has 1 N–H and O–H groups in total. The summed E-state index contributed by atoms with van der Waals surface area (Å²) in [6.45, 7) is 7.91. The van der Waals surface area contributed by atoms with Crippen LogP contribution in [0.5, 0.6) is 0 Å². The predicted octanol–water partition coefficient (Wildman–Crippen LogP) is 6.03. The number of carbonyl (C=O) groups excluding carboxylic acids is 2. The summed E-state index contributed by atoms with van der Waals surface area (Å²) in [6.07, 6.45) is 3.10. The smallest absolute Gasteiger partial charge is 0.275 e. The van der Waals surface area contributed by atoms with Gasteiger partial charge in [0.05, 0.1) is 5.01 Å². The summed E-state index contributed by atoms with van der Waals surface area (Å²) in [6, 6.07) is 18.1. The number of benzene rings is 2. The molecule has 0 unspecified atom stereocenters. The first kappa shape index (κ1) is 24.1. The lowest BCUT2D eigenvalue weighted by atomic mass is 9.86. The lowest BCUT2D eigenvalue weighted by Gasteiger charge is -2.31. The Kier molecular flexibility index (Phi) is 7.47. The fraction of sp³-hybridized carbons (Fsp3) is 0.393. The van der Waals surface area contributed by atoms with Gasteiger partial charge in [-0.05, 0) is 41.9 Å². The first-order valence-electron chi connectivity index (χ1n) is 12.0. The van der Waals surface area contributed by atoms with Crippen LogP contribution in [0, 0.1) is 0 Å². The number of para-hydroxylation sites is 1. The SMILES string of the molecule is CC(C)(C)c1ccccc1NC(=O)c1csc(C2CCN(C(=O)CCc3ccccc3)CC2)n1. The average molecular weight is 476 g/mol. The molecule has 1 aliphatic heterocycles. The molecule has 2 amide bonds. The Morgan fingerprint density at radius 2 is 1.71 bits per heavy atom. The highest BCUT2D eigenvalue weighted by Crippen LogP contribution is 2.32. The molecule has 2 heterocycles. The Hall–Kier alpha value is -2.99. The van der Waals surface area contributed by atoms with Gasteiger partial charge in [-0.2, -0.15) is 0 Å². The van der Waals surface area contributed by atoms with Crippen molar-refractivity contribution in [2.24, 2.45) is 0 Å². The van der Waals surface area contributed by atoms with Gasteiger partial charge in [-0.15, -0.1) is 11.3 Å². The minimum absolute atomic E-state index is 0.0659. The van der Waals surface area contributed by atoms with E-state index in [9.17, 15) is 9.59 Å². The molecule has 4 rings (SSSR count). The number of rotatable bonds is 6. The fourth-order valence-corrected chi connectivity index (χ4v) is 5.41. The van der Waals surface area contributed by atoms with Gasteiger partial charge in [-0.25, -0.2) is 4.98 Å². The van der Waals surface area contributed by atoms with Crippen LogP contribution in [0.25, 0.3) is 0 Å². The van der Waals surface area contributed by atoms with E-state index < -0.39 is 0 Å². The van der Waals surface area contributed by atoms with E-state index in [4.69, 9.17) is 0 Å². The number of hydrogen-bond donors (Lipinski definition) is 1. The molecule has 0 bridgehead atoms. The van der Waals surface area contributed by atoms with E-state index >= 15 is 0 Å². The third-order valence-corrected chi connectivity index (χ3v) is 7.41. The van der Waals surface area contributed by atoms with Gasteiger partial charge in [-0.3, -0.25) is 9.59 Å². The molecular weight excluding hydrogens is 442 g/mol. The number of likely N-dealkylation sites (tertiary alicyclic amines) is 1. The predicted molar refractivity (Wildman–Crippen MR) is 139 cm³/mol.